The number of Topliss-reactive ketones (excluding diaryl/α,β-unsaturated/α-hetero) is 4. The van der Waals surface area contributed by atoms with Crippen LogP contribution in [0.25, 0.3) is 0 Å². The van der Waals surface area contributed by atoms with Gasteiger partial charge in [0.2, 0.25) is 11.8 Å². The zero-order valence-electron chi connectivity index (χ0n) is 22.8. The molecule has 6 N–H and O–H groups in total. The molecule has 3 aliphatic carbocycles. The number of anilines is 2. The van der Waals surface area contributed by atoms with Crippen molar-refractivity contribution in [3.05, 3.63) is 17.2 Å². The fourth-order valence-corrected chi connectivity index (χ4v) is 6.48. The largest absolute Gasteiger partial charge is 0.505 e. The fraction of sp³-hybridized carbons (Fsp3) is 0.538. The van der Waals surface area contributed by atoms with Crippen LogP contribution in [0.2, 0.25) is 0 Å². The van der Waals surface area contributed by atoms with Crippen LogP contribution in [0, 0.1) is 23.7 Å². The summed E-state index contributed by atoms with van der Waals surface area (Å²) >= 11 is 0. The highest BCUT2D eigenvalue weighted by Gasteiger charge is 2.69. The van der Waals surface area contributed by atoms with Gasteiger partial charge in [-0.05, 0) is 44.5 Å². The van der Waals surface area contributed by atoms with Crippen molar-refractivity contribution in [2.75, 3.05) is 52.1 Å². The molecule has 14 heteroatoms. The van der Waals surface area contributed by atoms with Gasteiger partial charge in [0.25, 0.3) is 0 Å². The first-order chi connectivity index (χ1) is 18.7. The summed E-state index contributed by atoms with van der Waals surface area (Å²) in [7, 11) is 7.78. The molecule has 40 heavy (non-hydrogen) atoms. The first kappa shape index (κ1) is 29.3. The molecule has 0 saturated heterocycles. The van der Waals surface area contributed by atoms with Crippen LogP contribution in [-0.4, -0.2) is 104 Å². The second-order valence-corrected chi connectivity index (χ2v) is 10.9. The third-order valence-corrected chi connectivity index (χ3v) is 8.17. The number of likely N-dealkylation sites (N-methyl/N-ethyl adjacent to an activating group) is 1. The number of nitrogens with zero attached hydrogens (tertiary/aromatic N) is 2. The monoisotopic (exact) mass is 559 g/mol. The Morgan fingerprint density at radius 2 is 1.80 bits per heavy atom. The second kappa shape index (κ2) is 10.4. The second-order valence-electron chi connectivity index (χ2n) is 10.9. The molecule has 2 unspecified atom stereocenters. The number of benzene rings is 1. The van der Waals surface area contributed by atoms with Crippen LogP contribution < -0.4 is 21.4 Å². The Hall–Kier alpha value is -3.72. The molecule has 4 rings (SSSR count). The molecule has 2 fully saturated rings. The maximum Gasteiger partial charge on any atom is 0.240 e. The van der Waals surface area contributed by atoms with Gasteiger partial charge in [0.15, 0.2) is 34.7 Å². The average Bonchev–Trinajstić information content (AvgIpc) is 2.85. The molecule has 6 atom stereocenters. The summed E-state index contributed by atoms with van der Waals surface area (Å²) in [6, 6.07) is 0.322. The zero-order chi connectivity index (χ0) is 29.8. The molecule has 0 radical (unpaired) electrons. The molecule has 2 amide bonds. The number of aromatic hydroxyl groups is 1. The molecule has 0 bridgehead atoms. The molecule has 2 saturated carbocycles. The topological polar surface area (TPSA) is 209 Å². The standard InChI is InChI=1S/C26H33N5O9/c1-30(2)14-8-13(29-15(32)9-28-40-5)20(33)17-11(14)6-10-7-12-19(31(3)4)22(35)18(25(27)38)24(37)26(12,39)23(36)16(10)21(17)34/h8,10,12,16,18-19,28,33,39H,6-7,9H2,1-5H3,(H2,27,38)(H,29,32)/t10-,12-,16?,18?,19-,26-/m0/s1. The molecule has 216 valence electrons. The number of hydroxylamine groups is 1. The summed E-state index contributed by atoms with van der Waals surface area (Å²) in [5.74, 6) is -12.1. The van der Waals surface area contributed by atoms with Crippen LogP contribution >= 0.6 is 0 Å². The summed E-state index contributed by atoms with van der Waals surface area (Å²) in [6.45, 7) is -0.259. The number of phenolic OH excluding ortho intramolecular Hbond substituents is 1. The lowest BCUT2D eigenvalue weighted by Crippen LogP contribution is -2.74. The van der Waals surface area contributed by atoms with Gasteiger partial charge in [-0.1, -0.05) is 0 Å². The van der Waals surface area contributed by atoms with Crippen molar-refractivity contribution in [1.29, 1.82) is 0 Å². The number of phenols is 1. The SMILES string of the molecule is CONCC(=O)Nc1cc(N(C)C)c2c(c1O)C(=O)C1C(=O)[C@]3(O)C(=O)C(C(N)=O)C(=O)[C@@H](N(C)C)[C@@H]3C[C@@H]1C2. The van der Waals surface area contributed by atoms with Crippen molar-refractivity contribution < 1.29 is 43.8 Å². The van der Waals surface area contributed by atoms with E-state index in [9.17, 15) is 39.0 Å². The Labute approximate surface area is 229 Å². The maximum absolute atomic E-state index is 13.9. The van der Waals surface area contributed by atoms with Gasteiger partial charge in [-0.2, -0.15) is 5.48 Å². The summed E-state index contributed by atoms with van der Waals surface area (Å²) in [4.78, 5) is 86.6. The molecule has 0 heterocycles. The number of hydrogen-bond donors (Lipinski definition) is 5. The number of carbonyl (C=O) groups excluding carboxylic acids is 6. The van der Waals surface area contributed by atoms with Crippen LogP contribution in [0.15, 0.2) is 6.07 Å². The molecule has 1 aromatic carbocycles. The van der Waals surface area contributed by atoms with E-state index in [0.717, 1.165) is 0 Å². The number of ketones is 4. The summed E-state index contributed by atoms with van der Waals surface area (Å²) in [6.07, 6.45) is 0.0467. The quantitative estimate of drug-likeness (QED) is 0.140. The van der Waals surface area contributed by atoms with E-state index in [1.807, 2.05) is 0 Å². The van der Waals surface area contributed by atoms with Gasteiger partial charge in [-0.15, -0.1) is 0 Å². The predicted octanol–water partition coefficient (Wildman–Crippen LogP) is -1.98. The van der Waals surface area contributed by atoms with E-state index in [0.29, 0.717) is 11.3 Å². The number of nitrogens with one attached hydrogen (secondary N) is 2. The molecule has 1 aromatic rings. The van der Waals surface area contributed by atoms with Gasteiger partial charge in [0, 0.05) is 25.7 Å². The van der Waals surface area contributed by atoms with Crippen molar-refractivity contribution >= 4 is 46.3 Å². The summed E-state index contributed by atoms with van der Waals surface area (Å²) in [5.41, 5.74) is 5.51. The molecule has 0 spiro atoms. The third kappa shape index (κ3) is 4.27. The van der Waals surface area contributed by atoms with E-state index < -0.39 is 76.0 Å². The Morgan fingerprint density at radius 3 is 2.35 bits per heavy atom. The number of primary amides is 1. The Morgan fingerprint density at radius 1 is 1.15 bits per heavy atom. The van der Waals surface area contributed by atoms with Crippen LogP contribution in [0.1, 0.15) is 22.3 Å². The van der Waals surface area contributed by atoms with E-state index in [4.69, 9.17) is 5.73 Å². The smallest absolute Gasteiger partial charge is 0.240 e. The van der Waals surface area contributed by atoms with E-state index in [1.165, 1.54) is 32.2 Å². The Kier molecular flexibility index (Phi) is 7.58. The minimum Gasteiger partial charge on any atom is -0.505 e. The van der Waals surface area contributed by atoms with Crippen molar-refractivity contribution in [2.45, 2.75) is 24.5 Å². The predicted molar refractivity (Wildman–Crippen MR) is 139 cm³/mol. The minimum absolute atomic E-state index is 0.0568. The fourth-order valence-electron chi connectivity index (χ4n) is 6.48. The number of amides is 2. The summed E-state index contributed by atoms with van der Waals surface area (Å²) in [5, 5.41) is 25.3. The molecule has 3 aliphatic rings. The van der Waals surface area contributed by atoms with Gasteiger partial charge >= 0.3 is 0 Å². The first-order valence-corrected chi connectivity index (χ1v) is 12.6. The van der Waals surface area contributed by atoms with Crippen molar-refractivity contribution in [3.8, 4) is 5.75 Å². The number of hydrogen-bond acceptors (Lipinski definition) is 12. The highest BCUT2D eigenvalue weighted by molar-refractivity contribution is 6.32. The number of fused-ring (bicyclic) bond motifs is 3. The highest BCUT2D eigenvalue weighted by atomic mass is 16.6. The van der Waals surface area contributed by atoms with Gasteiger partial charge < -0.3 is 31.0 Å². The van der Waals surface area contributed by atoms with Crippen LogP contribution in [0.5, 0.6) is 5.75 Å². The van der Waals surface area contributed by atoms with E-state index in [2.05, 4.69) is 15.6 Å². The Bertz CT molecular complexity index is 1330. The molecular formula is C26H33N5O9. The average molecular weight is 560 g/mol. The number of nitrogens with two attached hydrogens (primary N) is 1. The lowest BCUT2D eigenvalue weighted by Gasteiger charge is -2.52. The number of rotatable bonds is 7. The van der Waals surface area contributed by atoms with E-state index in [1.54, 1.807) is 19.0 Å². The normalized spacial score (nSPS) is 29.5. The van der Waals surface area contributed by atoms with E-state index in [-0.39, 0.29) is 30.6 Å². The highest BCUT2D eigenvalue weighted by Crippen LogP contribution is 2.52. The van der Waals surface area contributed by atoms with Crippen LogP contribution in [-0.2, 0) is 35.2 Å². The molecule has 14 nitrogen and oxygen atoms in total. The number of carbonyl (C=O) groups is 6. The maximum atomic E-state index is 13.9. The van der Waals surface area contributed by atoms with Crippen molar-refractivity contribution in [1.82, 2.24) is 10.4 Å². The first-order valence-electron chi connectivity index (χ1n) is 12.6. The van der Waals surface area contributed by atoms with E-state index >= 15 is 0 Å². The molecular weight excluding hydrogens is 526 g/mol. The van der Waals surface area contributed by atoms with Gasteiger partial charge in [0.05, 0.1) is 30.3 Å². The van der Waals surface area contributed by atoms with Crippen molar-refractivity contribution in [3.63, 3.8) is 0 Å². The summed E-state index contributed by atoms with van der Waals surface area (Å²) < 4.78 is 0. The van der Waals surface area contributed by atoms with Gasteiger partial charge in [-0.3, -0.25) is 33.7 Å². The molecule has 0 aromatic heterocycles. The lowest BCUT2D eigenvalue weighted by molar-refractivity contribution is -0.181. The lowest BCUT2D eigenvalue weighted by atomic mass is 9.52. The van der Waals surface area contributed by atoms with Crippen LogP contribution in [0.3, 0.4) is 0 Å². The zero-order valence-corrected chi connectivity index (χ0v) is 22.8. The minimum atomic E-state index is -2.81. The van der Waals surface area contributed by atoms with Crippen molar-refractivity contribution in [2.24, 2.45) is 29.4 Å². The number of aliphatic hydroxyl groups is 1. The Balaban J connectivity index is 1.85. The third-order valence-electron chi connectivity index (χ3n) is 8.17. The molecule has 0 aliphatic heterocycles. The van der Waals surface area contributed by atoms with Gasteiger partial charge in [0.1, 0.15) is 12.3 Å². The van der Waals surface area contributed by atoms with Crippen LogP contribution in [0.4, 0.5) is 11.4 Å². The van der Waals surface area contributed by atoms with Gasteiger partial charge in [-0.25, -0.2) is 0 Å².